The molecule has 0 saturated carbocycles. The van der Waals surface area contributed by atoms with E-state index < -0.39 is 55.5 Å². The third-order valence-electron chi connectivity index (χ3n) is 10.3. The van der Waals surface area contributed by atoms with Crippen molar-refractivity contribution in [1.29, 1.82) is 0 Å². The zero-order valence-electron chi connectivity index (χ0n) is 33.4. The van der Waals surface area contributed by atoms with E-state index in [-0.39, 0.29) is 61.2 Å². The van der Waals surface area contributed by atoms with Gasteiger partial charge < -0.3 is 29.9 Å². The number of fused-ring (bicyclic) bond motifs is 2. The summed E-state index contributed by atoms with van der Waals surface area (Å²) < 4.78 is 85.3. The predicted molar refractivity (Wildman–Crippen MR) is 242 cm³/mol. The number of rotatable bonds is 6. The molecule has 2 unspecified atom stereocenters. The van der Waals surface area contributed by atoms with Gasteiger partial charge >= 0.3 is 31.4 Å². The van der Waals surface area contributed by atoms with Crippen LogP contribution in [0.4, 0.5) is 26.3 Å². The Bertz CT molecular complexity index is 2870. The van der Waals surface area contributed by atoms with Crippen molar-refractivity contribution in [3.8, 4) is 0 Å². The second-order valence-electron chi connectivity index (χ2n) is 14.7. The smallest absolute Gasteiger partial charge is 0.448 e. The van der Waals surface area contributed by atoms with Gasteiger partial charge in [-0.1, -0.05) is 119 Å². The molecule has 21 heteroatoms. The molecule has 2 atom stereocenters. The number of nitrogens with zero attached hydrogens (tertiary/aromatic N) is 2. The first-order valence-corrected chi connectivity index (χ1v) is 20.3. The Morgan fingerprint density at radius 1 is 0.606 bits per heavy atom. The number of benzene rings is 6. The van der Waals surface area contributed by atoms with Crippen LogP contribution in [0.2, 0.25) is 26.9 Å². The fourth-order valence-corrected chi connectivity index (χ4v) is 8.50. The molecule has 0 fully saturated rings. The van der Waals surface area contributed by atoms with Crippen molar-refractivity contribution in [2.75, 3.05) is 0 Å². The van der Waals surface area contributed by atoms with Crippen molar-refractivity contribution < 1.29 is 65.9 Å². The molecule has 0 aliphatic carbocycles. The summed E-state index contributed by atoms with van der Waals surface area (Å²) in [5.41, 5.74) is -4.72. The first-order chi connectivity index (χ1) is 30.4. The molecule has 8 rings (SSSR count). The predicted octanol–water partition coefficient (Wildman–Crippen LogP) is 12.9. The molecule has 2 heterocycles. The maximum Gasteiger partial charge on any atom is 0.448 e. The summed E-state index contributed by atoms with van der Waals surface area (Å²) in [5, 5.41) is 43.6. The Hall–Kier alpha value is -5.56. The molecule has 0 amide bonds. The minimum absolute atomic E-state index is 0. The van der Waals surface area contributed by atoms with E-state index in [4.69, 9.17) is 66.1 Å². The standard InChI is InChI=1S/C22H14Cl2F3NO3.C21H12Cl2F3NO3.CH5BO2.CH4/c1-11-6-17(15-4-2-3-5-16(15)19(11)20(29)30)18-10-21(31-28-18,22(25,26)27)12-7-13(23)9-14(24)8-12;22-12-7-11(8-13(23)9-12)20(21(24,25)26)10-18(27-30-20)16-5-6-17(19(28)29)15-4-2-1-3-14(15)16;1-2(3)4;/h2-9H,10H2,1H3,(H,29,30);1-9H,10H2,(H,28,29);3-4H,1H3;1H4. The van der Waals surface area contributed by atoms with Crippen LogP contribution in [0.15, 0.2) is 113 Å². The van der Waals surface area contributed by atoms with Gasteiger partial charge in [0.2, 0.25) is 0 Å². The second kappa shape index (κ2) is 19.7. The molecule has 2 aliphatic heterocycles. The molecular formula is C45H35BCl4F6N2O8. The van der Waals surface area contributed by atoms with Crippen molar-refractivity contribution in [1.82, 2.24) is 0 Å². The van der Waals surface area contributed by atoms with Gasteiger partial charge in [0, 0.05) is 55.2 Å². The molecule has 4 N–H and O–H groups in total. The van der Waals surface area contributed by atoms with Crippen molar-refractivity contribution in [3.63, 3.8) is 0 Å². The zero-order valence-corrected chi connectivity index (χ0v) is 36.4. The fourth-order valence-electron chi connectivity index (χ4n) is 7.45. The SMILES string of the molecule is C.CB(O)O.Cc1cc(C2=NOC(c3cc(Cl)cc(Cl)c3)(C(F)(F)F)C2)c2ccccc2c1C(=O)O.O=C(O)c1ccc(C2=NOC(c3cc(Cl)cc(Cl)c3)(C(F)(F)F)C2)c2ccccc12. The van der Waals surface area contributed by atoms with E-state index in [1.165, 1.54) is 37.2 Å². The topological polar surface area (TPSA) is 158 Å². The van der Waals surface area contributed by atoms with Crippen molar-refractivity contribution in [2.45, 2.75) is 57.6 Å². The van der Waals surface area contributed by atoms with Gasteiger partial charge in [0.1, 0.15) is 0 Å². The second-order valence-corrected chi connectivity index (χ2v) is 16.4. The molecule has 0 radical (unpaired) electrons. The normalized spacial score (nSPS) is 17.8. The maximum absolute atomic E-state index is 14.3. The molecule has 0 spiro atoms. The molecule has 2 aliphatic rings. The summed E-state index contributed by atoms with van der Waals surface area (Å²) in [6.07, 6.45) is -10.9. The monoisotopic (exact) mass is 996 g/mol. The van der Waals surface area contributed by atoms with E-state index in [0.717, 1.165) is 24.3 Å². The molecule has 10 nitrogen and oxygen atoms in total. The number of oxime groups is 2. The number of aryl methyl sites for hydroxylation is 1. The van der Waals surface area contributed by atoms with Gasteiger partial charge in [-0.25, -0.2) is 9.59 Å². The minimum Gasteiger partial charge on any atom is -0.478 e. The third-order valence-corrected chi connectivity index (χ3v) is 11.1. The van der Waals surface area contributed by atoms with Crippen LogP contribution in [0.3, 0.4) is 0 Å². The van der Waals surface area contributed by atoms with Crippen LogP contribution >= 0.6 is 46.4 Å². The van der Waals surface area contributed by atoms with E-state index in [1.54, 1.807) is 55.5 Å². The van der Waals surface area contributed by atoms with Crippen LogP contribution < -0.4 is 0 Å². The van der Waals surface area contributed by atoms with Crippen molar-refractivity contribution >= 4 is 98.4 Å². The average molecular weight is 998 g/mol. The van der Waals surface area contributed by atoms with Gasteiger partial charge in [0.15, 0.2) is 0 Å². The van der Waals surface area contributed by atoms with Crippen molar-refractivity contribution in [2.24, 2.45) is 10.3 Å². The van der Waals surface area contributed by atoms with Crippen LogP contribution in [-0.4, -0.2) is 63.1 Å². The third kappa shape index (κ3) is 10.2. The number of hydrogen-bond acceptors (Lipinski definition) is 8. The molecule has 66 heavy (non-hydrogen) atoms. The summed E-state index contributed by atoms with van der Waals surface area (Å²) in [6, 6.07) is 24.7. The van der Waals surface area contributed by atoms with Gasteiger partial charge in [0.25, 0.3) is 11.2 Å². The molecule has 0 bridgehead atoms. The quantitative estimate of drug-likeness (QED) is 0.0948. The van der Waals surface area contributed by atoms with E-state index in [1.807, 2.05) is 0 Å². The van der Waals surface area contributed by atoms with E-state index >= 15 is 0 Å². The molecule has 346 valence electrons. The Labute approximate surface area is 392 Å². The number of carbonyl (C=O) groups is 2. The molecular weight excluding hydrogens is 963 g/mol. The summed E-state index contributed by atoms with van der Waals surface area (Å²) >= 11 is 23.7. The minimum atomic E-state index is -4.82. The van der Waals surface area contributed by atoms with Crippen LogP contribution in [0.1, 0.15) is 68.8 Å². The molecule has 6 aromatic carbocycles. The maximum atomic E-state index is 14.3. The lowest BCUT2D eigenvalue weighted by molar-refractivity contribution is -0.276. The average Bonchev–Trinajstić information content (AvgIpc) is 3.87. The zero-order chi connectivity index (χ0) is 47.8. The van der Waals surface area contributed by atoms with E-state index in [0.29, 0.717) is 38.2 Å². The lowest BCUT2D eigenvalue weighted by Gasteiger charge is -2.29. The molecule has 0 saturated heterocycles. The lowest BCUT2D eigenvalue weighted by Crippen LogP contribution is -2.42. The summed E-state index contributed by atoms with van der Waals surface area (Å²) in [5.74, 6) is -2.26. The van der Waals surface area contributed by atoms with Crippen LogP contribution in [-0.2, 0) is 20.9 Å². The highest BCUT2D eigenvalue weighted by Gasteiger charge is 2.63. The van der Waals surface area contributed by atoms with Gasteiger partial charge in [-0.15, -0.1) is 0 Å². The Kier molecular flexibility index (Phi) is 15.4. The van der Waals surface area contributed by atoms with Gasteiger partial charge in [-0.05, 0) is 89.4 Å². The summed E-state index contributed by atoms with van der Waals surface area (Å²) in [4.78, 5) is 33.3. The number of carboxylic acid groups (broad SMARTS) is 2. The van der Waals surface area contributed by atoms with Gasteiger partial charge in [0.05, 0.1) is 22.6 Å². The van der Waals surface area contributed by atoms with E-state index in [9.17, 15) is 46.1 Å². The van der Waals surface area contributed by atoms with Crippen molar-refractivity contribution in [3.05, 3.63) is 162 Å². The van der Waals surface area contributed by atoms with Crippen LogP contribution in [0, 0.1) is 6.92 Å². The van der Waals surface area contributed by atoms with Crippen LogP contribution in [0.5, 0.6) is 0 Å². The molecule has 0 aromatic heterocycles. The van der Waals surface area contributed by atoms with E-state index in [2.05, 4.69) is 10.3 Å². The molecule has 6 aromatic rings. The Balaban J connectivity index is 0.000000226. The highest BCUT2D eigenvalue weighted by atomic mass is 35.5. The summed E-state index contributed by atoms with van der Waals surface area (Å²) in [7, 11) is -1.17. The van der Waals surface area contributed by atoms with Gasteiger partial charge in [-0.2, -0.15) is 26.3 Å². The summed E-state index contributed by atoms with van der Waals surface area (Å²) in [6.45, 7) is 2.86. The largest absolute Gasteiger partial charge is 0.478 e. The Morgan fingerprint density at radius 2 is 0.985 bits per heavy atom. The first kappa shape index (κ1) is 51.4. The highest BCUT2D eigenvalue weighted by molar-refractivity contribution is 6.39. The number of carboxylic acids is 2. The Morgan fingerprint density at radius 3 is 1.38 bits per heavy atom. The highest BCUT2D eigenvalue weighted by Crippen LogP contribution is 2.52. The first-order valence-electron chi connectivity index (χ1n) is 18.8. The number of alkyl halides is 6. The number of hydrogen-bond donors (Lipinski definition) is 4. The lowest BCUT2D eigenvalue weighted by atomic mass is 9.84. The van der Waals surface area contributed by atoms with Gasteiger partial charge in [-0.3, -0.25) is 0 Å². The fraction of sp³-hybridized carbons (Fsp3) is 0.200. The number of aromatic carboxylic acids is 2. The van der Waals surface area contributed by atoms with Crippen LogP contribution in [0.25, 0.3) is 21.5 Å². The number of halogens is 10.